The summed E-state index contributed by atoms with van der Waals surface area (Å²) in [7, 11) is 0. The van der Waals surface area contributed by atoms with E-state index in [2.05, 4.69) is 4.98 Å². The SMILES string of the molecule is Oc1c(-c2ccc(Cl)cc2Cl)ccnc1Cl. The number of halogens is 3. The van der Waals surface area contributed by atoms with Gasteiger partial charge in [0.2, 0.25) is 0 Å². The van der Waals surface area contributed by atoms with Crippen molar-refractivity contribution in [1.82, 2.24) is 4.98 Å². The topological polar surface area (TPSA) is 33.1 Å². The smallest absolute Gasteiger partial charge is 0.171 e. The van der Waals surface area contributed by atoms with Crippen LogP contribution in [0.2, 0.25) is 15.2 Å². The Hall–Kier alpha value is -0.960. The van der Waals surface area contributed by atoms with Crippen molar-refractivity contribution in [2.24, 2.45) is 0 Å². The minimum Gasteiger partial charge on any atom is -0.504 e. The van der Waals surface area contributed by atoms with Gasteiger partial charge in [-0.25, -0.2) is 4.98 Å². The van der Waals surface area contributed by atoms with Crippen LogP contribution in [0.15, 0.2) is 30.5 Å². The number of hydrogen-bond donors (Lipinski definition) is 1. The number of hydrogen-bond acceptors (Lipinski definition) is 2. The maximum Gasteiger partial charge on any atom is 0.171 e. The number of rotatable bonds is 1. The van der Waals surface area contributed by atoms with Gasteiger partial charge in [0.25, 0.3) is 0 Å². The van der Waals surface area contributed by atoms with Crippen molar-refractivity contribution in [3.63, 3.8) is 0 Å². The van der Waals surface area contributed by atoms with Crippen molar-refractivity contribution in [2.45, 2.75) is 0 Å². The fraction of sp³-hybridized carbons (Fsp3) is 0. The second-order valence-electron chi connectivity index (χ2n) is 3.12. The quantitative estimate of drug-likeness (QED) is 0.781. The summed E-state index contributed by atoms with van der Waals surface area (Å²) in [6.45, 7) is 0. The van der Waals surface area contributed by atoms with Crippen LogP contribution in [0.5, 0.6) is 5.75 Å². The summed E-state index contributed by atoms with van der Waals surface area (Å²) in [5.41, 5.74) is 1.19. The Morgan fingerprint density at radius 2 is 1.75 bits per heavy atom. The highest BCUT2D eigenvalue weighted by atomic mass is 35.5. The lowest BCUT2D eigenvalue weighted by Crippen LogP contribution is -1.84. The fourth-order valence-electron chi connectivity index (χ4n) is 1.35. The van der Waals surface area contributed by atoms with Crippen molar-refractivity contribution in [3.05, 3.63) is 45.7 Å². The molecule has 5 heteroatoms. The molecule has 0 saturated heterocycles. The van der Waals surface area contributed by atoms with Crippen LogP contribution in [-0.4, -0.2) is 10.1 Å². The molecule has 0 bridgehead atoms. The normalized spacial score (nSPS) is 10.4. The van der Waals surface area contributed by atoms with Crippen LogP contribution < -0.4 is 0 Å². The number of aromatic hydroxyl groups is 1. The molecule has 16 heavy (non-hydrogen) atoms. The zero-order chi connectivity index (χ0) is 11.7. The summed E-state index contributed by atoms with van der Waals surface area (Å²) in [6.07, 6.45) is 1.50. The molecule has 0 unspecified atom stereocenters. The second-order valence-corrected chi connectivity index (χ2v) is 4.32. The largest absolute Gasteiger partial charge is 0.504 e. The lowest BCUT2D eigenvalue weighted by atomic mass is 10.1. The fourth-order valence-corrected chi connectivity index (χ4v) is 2.02. The summed E-state index contributed by atoms with van der Waals surface area (Å²) in [5.74, 6) is -0.0895. The van der Waals surface area contributed by atoms with Gasteiger partial charge in [-0.05, 0) is 18.2 Å². The van der Waals surface area contributed by atoms with Crippen LogP contribution in [0.1, 0.15) is 0 Å². The van der Waals surface area contributed by atoms with E-state index in [1.165, 1.54) is 6.20 Å². The summed E-state index contributed by atoms with van der Waals surface area (Å²) in [5, 5.41) is 10.8. The van der Waals surface area contributed by atoms with Crippen LogP contribution >= 0.6 is 34.8 Å². The summed E-state index contributed by atoms with van der Waals surface area (Å²) in [4.78, 5) is 3.76. The van der Waals surface area contributed by atoms with E-state index < -0.39 is 0 Å². The summed E-state index contributed by atoms with van der Waals surface area (Å²) in [6, 6.07) is 6.65. The predicted molar refractivity (Wildman–Crippen MR) is 66.4 cm³/mol. The van der Waals surface area contributed by atoms with Gasteiger partial charge in [0, 0.05) is 22.3 Å². The third-order valence-corrected chi connectivity index (χ3v) is 2.93. The van der Waals surface area contributed by atoms with Crippen molar-refractivity contribution >= 4 is 34.8 Å². The molecule has 0 aliphatic rings. The molecule has 1 aromatic carbocycles. The van der Waals surface area contributed by atoms with E-state index in [9.17, 15) is 5.11 Å². The molecule has 0 amide bonds. The Labute approximate surface area is 107 Å². The molecule has 2 aromatic rings. The van der Waals surface area contributed by atoms with Crippen molar-refractivity contribution < 1.29 is 5.11 Å². The second kappa shape index (κ2) is 4.50. The summed E-state index contributed by atoms with van der Waals surface area (Å²) < 4.78 is 0. The Kier molecular flexibility index (Phi) is 3.24. The monoisotopic (exact) mass is 273 g/mol. The van der Waals surface area contributed by atoms with Gasteiger partial charge >= 0.3 is 0 Å². The van der Waals surface area contributed by atoms with Gasteiger partial charge < -0.3 is 5.11 Å². The average molecular weight is 275 g/mol. The Morgan fingerprint density at radius 3 is 2.44 bits per heavy atom. The minimum absolute atomic E-state index is 0.0449. The first-order valence-corrected chi connectivity index (χ1v) is 5.52. The van der Waals surface area contributed by atoms with Crippen LogP contribution in [0.25, 0.3) is 11.1 Å². The first kappa shape index (κ1) is 11.5. The zero-order valence-electron chi connectivity index (χ0n) is 7.92. The van der Waals surface area contributed by atoms with Crippen LogP contribution in [0, 0.1) is 0 Å². The molecule has 1 N–H and O–H groups in total. The van der Waals surface area contributed by atoms with E-state index in [4.69, 9.17) is 34.8 Å². The molecule has 2 rings (SSSR count). The van der Waals surface area contributed by atoms with Gasteiger partial charge in [0.15, 0.2) is 10.9 Å². The Balaban J connectivity index is 2.63. The third kappa shape index (κ3) is 2.09. The van der Waals surface area contributed by atoms with Crippen molar-refractivity contribution in [3.8, 4) is 16.9 Å². The molecule has 0 aliphatic heterocycles. The number of pyridine rings is 1. The molecule has 0 saturated carbocycles. The van der Waals surface area contributed by atoms with Gasteiger partial charge in [-0.3, -0.25) is 0 Å². The molecule has 1 heterocycles. The molecule has 82 valence electrons. The first-order chi connectivity index (χ1) is 7.59. The van der Waals surface area contributed by atoms with E-state index in [-0.39, 0.29) is 10.9 Å². The molecule has 1 aromatic heterocycles. The highest BCUT2D eigenvalue weighted by Crippen LogP contribution is 2.37. The number of benzene rings is 1. The minimum atomic E-state index is -0.0895. The molecule has 2 nitrogen and oxygen atoms in total. The van der Waals surface area contributed by atoms with Gasteiger partial charge in [-0.15, -0.1) is 0 Å². The maximum absolute atomic E-state index is 9.76. The lowest BCUT2D eigenvalue weighted by Gasteiger charge is -2.07. The van der Waals surface area contributed by atoms with Crippen molar-refractivity contribution in [2.75, 3.05) is 0 Å². The predicted octanol–water partition coefficient (Wildman–Crippen LogP) is 4.41. The van der Waals surface area contributed by atoms with E-state index in [1.807, 2.05) is 0 Å². The molecule has 0 fully saturated rings. The van der Waals surface area contributed by atoms with E-state index in [1.54, 1.807) is 24.3 Å². The number of nitrogens with zero attached hydrogens (tertiary/aromatic N) is 1. The van der Waals surface area contributed by atoms with E-state index >= 15 is 0 Å². The van der Waals surface area contributed by atoms with Gasteiger partial charge in [-0.2, -0.15) is 0 Å². The van der Waals surface area contributed by atoms with E-state index in [0.29, 0.717) is 21.2 Å². The standard InChI is InChI=1S/C11H6Cl3NO/c12-6-1-2-7(9(13)5-6)8-3-4-15-11(14)10(8)16/h1-5,16H. The van der Waals surface area contributed by atoms with Crippen LogP contribution in [0.4, 0.5) is 0 Å². The molecular formula is C11H6Cl3NO. The maximum atomic E-state index is 9.76. The van der Waals surface area contributed by atoms with E-state index in [0.717, 1.165) is 0 Å². The van der Waals surface area contributed by atoms with Crippen LogP contribution in [-0.2, 0) is 0 Å². The molecule has 0 atom stereocenters. The molecule has 0 spiro atoms. The third-order valence-electron chi connectivity index (χ3n) is 2.10. The zero-order valence-corrected chi connectivity index (χ0v) is 10.2. The molecule has 0 radical (unpaired) electrons. The highest BCUT2D eigenvalue weighted by molar-refractivity contribution is 6.36. The lowest BCUT2D eigenvalue weighted by molar-refractivity contribution is 0.475. The first-order valence-electron chi connectivity index (χ1n) is 4.38. The Bertz CT molecular complexity index is 543. The van der Waals surface area contributed by atoms with Crippen LogP contribution in [0.3, 0.4) is 0 Å². The molecular weight excluding hydrogens is 268 g/mol. The number of aromatic nitrogens is 1. The summed E-state index contributed by atoms with van der Waals surface area (Å²) >= 11 is 17.5. The Morgan fingerprint density at radius 1 is 1.00 bits per heavy atom. The van der Waals surface area contributed by atoms with Crippen molar-refractivity contribution in [1.29, 1.82) is 0 Å². The highest BCUT2D eigenvalue weighted by Gasteiger charge is 2.11. The van der Waals surface area contributed by atoms with Gasteiger partial charge in [-0.1, -0.05) is 40.9 Å². The van der Waals surface area contributed by atoms with Gasteiger partial charge in [0.1, 0.15) is 0 Å². The van der Waals surface area contributed by atoms with Gasteiger partial charge in [0.05, 0.1) is 5.02 Å². The molecule has 0 aliphatic carbocycles. The average Bonchev–Trinajstić information content (AvgIpc) is 2.23.